The zero-order valence-corrected chi connectivity index (χ0v) is 8.58. The van der Waals surface area contributed by atoms with Crippen LogP contribution in [0.1, 0.15) is 11.6 Å². The fourth-order valence-corrected chi connectivity index (χ4v) is 2.15. The van der Waals surface area contributed by atoms with Gasteiger partial charge in [0, 0.05) is 29.7 Å². The monoisotopic (exact) mass is 226 g/mol. The summed E-state index contributed by atoms with van der Waals surface area (Å²) < 4.78 is 1.14. The van der Waals surface area contributed by atoms with Crippen LogP contribution >= 0.6 is 15.9 Å². The van der Waals surface area contributed by atoms with Crippen LogP contribution in [0.5, 0.6) is 0 Å². The Hall–Kier alpha value is -0.410. The molecular weight excluding hydrogens is 216 g/mol. The number of hydrogen-bond donors (Lipinski definition) is 0. The molecule has 2 rings (SSSR count). The first kappa shape index (κ1) is 8.20. The van der Waals surface area contributed by atoms with Crippen molar-refractivity contribution in [1.82, 2.24) is 9.88 Å². The van der Waals surface area contributed by atoms with E-state index in [1.165, 1.54) is 5.69 Å². The minimum atomic E-state index is 0.630. The van der Waals surface area contributed by atoms with Crippen molar-refractivity contribution in [1.29, 1.82) is 0 Å². The number of rotatable bonds is 1. The first-order valence-corrected chi connectivity index (χ1v) is 4.85. The van der Waals surface area contributed by atoms with Crippen molar-refractivity contribution in [3.63, 3.8) is 0 Å². The Labute approximate surface area is 80.7 Å². The van der Waals surface area contributed by atoms with Gasteiger partial charge in [-0.1, -0.05) is 0 Å². The molecule has 0 bridgehead atoms. The van der Waals surface area contributed by atoms with Gasteiger partial charge in [0.05, 0.1) is 5.69 Å². The van der Waals surface area contributed by atoms with Crippen LogP contribution in [0.2, 0.25) is 0 Å². The van der Waals surface area contributed by atoms with Gasteiger partial charge >= 0.3 is 0 Å². The van der Waals surface area contributed by atoms with Gasteiger partial charge in [-0.25, -0.2) is 0 Å². The van der Waals surface area contributed by atoms with E-state index in [4.69, 9.17) is 0 Å². The maximum absolute atomic E-state index is 4.36. The molecule has 0 radical (unpaired) electrons. The average Bonchev–Trinajstić information content (AvgIpc) is 2.01. The van der Waals surface area contributed by atoms with Crippen LogP contribution in [-0.4, -0.2) is 30.0 Å². The maximum atomic E-state index is 4.36. The molecule has 0 atom stereocenters. The number of likely N-dealkylation sites (tertiary alicyclic amines) is 1. The van der Waals surface area contributed by atoms with Crippen LogP contribution in [0, 0.1) is 0 Å². The van der Waals surface area contributed by atoms with E-state index in [0.717, 1.165) is 17.6 Å². The highest BCUT2D eigenvalue weighted by Gasteiger charge is 2.27. The SMILES string of the molecule is CN1CC(c2ncccc2Br)C1. The predicted molar refractivity (Wildman–Crippen MR) is 52.2 cm³/mol. The third-order valence-electron chi connectivity index (χ3n) is 2.24. The van der Waals surface area contributed by atoms with Crippen LogP contribution < -0.4 is 0 Å². The number of nitrogens with zero attached hydrogens (tertiary/aromatic N) is 2. The van der Waals surface area contributed by atoms with Gasteiger partial charge in [0.15, 0.2) is 0 Å². The molecule has 2 nitrogen and oxygen atoms in total. The van der Waals surface area contributed by atoms with Gasteiger partial charge < -0.3 is 4.90 Å². The van der Waals surface area contributed by atoms with E-state index in [9.17, 15) is 0 Å². The predicted octanol–water partition coefficient (Wildman–Crippen LogP) is 1.87. The largest absolute Gasteiger partial charge is 0.305 e. The number of aromatic nitrogens is 1. The quantitative estimate of drug-likeness (QED) is 0.728. The third-order valence-corrected chi connectivity index (χ3v) is 2.91. The van der Waals surface area contributed by atoms with Gasteiger partial charge in [-0.15, -0.1) is 0 Å². The van der Waals surface area contributed by atoms with Gasteiger partial charge in [0.2, 0.25) is 0 Å². The Bertz CT molecular complexity index is 282. The van der Waals surface area contributed by atoms with E-state index < -0.39 is 0 Å². The summed E-state index contributed by atoms with van der Waals surface area (Å²) in [5.41, 5.74) is 1.20. The molecule has 0 aliphatic carbocycles. The summed E-state index contributed by atoms with van der Waals surface area (Å²) >= 11 is 3.51. The molecule has 2 heterocycles. The lowest BCUT2D eigenvalue weighted by Crippen LogP contribution is -2.42. The first-order chi connectivity index (χ1) is 5.77. The zero-order chi connectivity index (χ0) is 8.55. The number of hydrogen-bond acceptors (Lipinski definition) is 2. The molecule has 0 amide bonds. The van der Waals surface area contributed by atoms with Gasteiger partial charge in [-0.05, 0) is 35.1 Å². The molecule has 0 saturated carbocycles. The Kier molecular flexibility index (Phi) is 2.15. The summed E-state index contributed by atoms with van der Waals surface area (Å²) in [4.78, 5) is 6.66. The van der Waals surface area contributed by atoms with E-state index in [-0.39, 0.29) is 0 Å². The Balaban J connectivity index is 2.18. The lowest BCUT2D eigenvalue weighted by molar-refractivity contribution is 0.186. The van der Waals surface area contributed by atoms with Crippen LogP contribution in [0.15, 0.2) is 22.8 Å². The van der Waals surface area contributed by atoms with E-state index in [1.54, 1.807) is 0 Å². The molecule has 1 fully saturated rings. The van der Waals surface area contributed by atoms with E-state index in [1.807, 2.05) is 12.3 Å². The van der Waals surface area contributed by atoms with Crippen LogP contribution in [0.3, 0.4) is 0 Å². The summed E-state index contributed by atoms with van der Waals surface area (Å²) in [6.07, 6.45) is 1.86. The molecule has 0 aromatic carbocycles. The minimum absolute atomic E-state index is 0.630. The van der Waals surface area contributed by atoms with Crippen LogP contribution in [0.25, 0.3) is 0 Å². The Morgan fingerprint density at radius 2 is 2.33 bits per heavy atom. The highest BCUT2D eigenvalue weighted by molar-refractivity contribution is 9.10. The molecule has 12 heavy (non-hydrogen) atoms. The van der Waals surface area contributed by atoms with E-state index in [2.05, 4.69) is 38.9 Å². The van der Waals surface area contributed by atoms with Crippen molar-refractivity contribution >= 4 is 15.9 Å². The van der Waals surface area contributed by atoms with Crippen molar-refractivity contribution in [3.05, 3.63) is 28.5 Å². The molecular formula is C9H11BrN2. The van der Waals surface area contributed by atoms with Gasteiger partial charge in [0.25, 0.3) is 0 Å². The molecule has 1 aromatic heterocycles. The molecule has 1 aromatic rings. The lowest BCUT2D eigenvalue weighted by atomic mass is 9.97. The molecule has 1 aliphatic rings. The van der Waals surface area contributed by atoms with Gasteiger partial charge in [-0.2, -0.15) is 0 Å². The number of likely N-dealkylation sites (N-methyl/N-ethyl adjacent to an activating group) is 1. The second-order valence-electron chi connectivity index (χ2n) is 3.29. The average molecular weight is 227 g/mol. The topological polar surface area (TPSA) is 16.1 Å². The Morgan fingerprint density at radius 1 is 1.58 bits per heavy atom. The van der Waals surface area contributed by atoms with Gasteiger partial charge in [0.1, 0.15) is 0 Å². The summed E-state index contributed by atoms with van der Waals surface area (Å²) in [5, 5.41) is 0. The van der Waals surface area contributed by atoms with Gasteiger partial charge in [-0.3, -0.25) is 4.98 Å². The molecule has 3 heteroatoms. The maximum Gasteiger partial charge on any atom is 0.0601 e. The zero-order valence-electron chi connectivity index (χ0n) is 7.00. The normalized spacial score (nSPS) is 19.2. The number of halogens is 1. The highest BCUT2D eigenvalue weighted by Crippen LogP contribution is 2.28. The van der Waals surface area contributed by atoms with Crippen molar-refractivity contribution in [3.8, 4) is 0 Å². The standard InChI is InChI=1S/C9H11BrN2/c1-12-5-7(6-12)9-8(10)3-2-4-11-9/h2-4,7H,5-6H2,1H3. The second-order valence-corrected chi connectivity index (χ2v) is 4.14. The molecule has 0 unspecified atom stereocenters. The smallest absolute Gasteiger partial charge is 0.0601 e. The summed E-state index contributed by atoms with van der Waals surface area (Å²) in [6.45, 7) is 2.27. The summed E-state index contributed by atoms with van der Waals surface area (Å²) in [6, 6.07) is 4.01. The van der Waals surface area contributed by atoms with Crippen molar-refractivity contribution in [2.24, 2.45) is 0 Å². The highest BCUT2D eigenvalue weighted by atomic mass is 79.9. The fraction of sp³-hybridized carbons (Fsp3) is 0.444. The van der Waals surface area contributed by atoms with E-state index in [0.29, 0.717) is 5.92 Å². The molecule has 0 N–H and O–H groups in total. The van der Waals surface area contributed by atoms with Crippen molar-refractivity contribution < 1.29 is 0 Å². The molecule has 0 spiro atoms. The molecule has 64 valence electrons. The minimum Gasteiger partial charge on any atom is -0.305 e. The van der Waals surface area contributed by atoms with Crippen LogP contribution in [-0.2, 0) is 0 Å². The Morgan fingerprint density at radius 3 is 2.92 bits per heavy atom. The number of pyridine rings is 1. The van der Waals surface area contributed by atoms with Crippen LogP contribution in [0.4, 0.5) is 0 Å². The first-order valence-electron chi connectivity index (χ1n) is 4.06. The second kappa shape index (κ2) is 3.15. The summed E-state index contributed by atoms with van der Waals surface area (Å²) in [5.74, 6) is 0.630. The van der Waals surface area contributed by atoms with Crippen molar-refractivity contribution in [2.45, 2.75) is 5.92 Å². The molecule has 1 saturated heterocycles. The van der Waals surface area contributed by atoms with Crippen molar-refractivity contribution in [2.75, 3.05) is 20.1 Å². The lowest BCUT2D eigenvalue weighted by Gasteiger charge is -2.36. The third kappa shape index (κ3) is 1.39. The molecule has 1 aliphatic heterocycles. The fourth-order valence-electron chi connectivity index (χ4n) is 1.57. The summed E-state index contributed by atoms with van der Waals surface area (Å²) in [7, 11) is 2.13. The van der Waals surface area contributed by atoms with E-state index >= 15 is 0 Å².